The zero-order valence-electron chi connectivity index (χ0n) is 10.6. The summed E-state index contributed by atoms with van der Waals surface area (Å²) in [7, 11) is 0. The van der Waals surface area contributed by atoms with Crippen LogP contribution >= 0.6 is 0 Å². The average Bonchev–Trinajstić information content (AvgIpc) is 2.74. The summed E-state index contributed by atoms with van der Waals surface area (Å²) in [5, 5.41) is 18.7. The first kappa shape index (κ1) is 13.7. The largest absolute Gasteiger partial charge is 0.394 e. The number of nitrogen functional groups attached to an aromatic ring is 1. The molecule has 0 unspecified atom stereocenters. The van der Waals surface area contributed by atoms with E-state index >= 15 is 0 Å². The van der Waals surface area contributed by atoms with E-state index in [0.717, 1.165) is 0 Å². The molecule has 4 N–H and O–H groups in total. The standard InChI is InChI=1S/C12H17N3O4/c1-2-3-7-5-15(12(18)14-11(7)13)10-4-8(17)9(6-16)19-10/h2-3,5,8-10,16-17H,4,6H2,1H3,(H2,13,14,18)/t8-,9+,10-/m1/s1. The minimum absolute atomic E-state index is 0.150. The van der Waals surface area contributed by atoms with Crippen LogP contribution in [0.2, 0.25) is 0 Å². The van der Waals surface area contributed by atoms with E-state index in [9.17, 15) is 9.90 Å². The molecule has 1 aliphatic rings. The second kappa shape index (κ2) is 5.52. The predicted molar refractivity (Wildman–Crippen MR) is 69.2 cm³/mol. The van der Waals surface area contributed by atoms with Gasteiger partial charge in [-0.3, -0.25) is 4.57 Å². The van der Waals surface area contributed by atoms with Crippen LogP contribution in [0.5, 0.6) is 0 Å². The summed E-state index contributed by atoms with van der Waals surface area (Å²) in [5.74, 6) is 0.150. The highest BCUT2D eigenvalue weighted by atomic mass is 16.5. The van der Waals surface area contributed by atoms with Gasteiger partial charge in [-0.2, -0.15) is 4.98 Å². The van der Waals surface area contributed by atoms with E-state index < -0.39 is 24.1 Å². The van der Waals surface area contributed by atoms with Gasteiger partial charge in [0.05, 0.1) is 12.7 Å². The molecule has 0 saturated carbocycles. The molecule has 2 rings (SSSR count). The van der Waals surface area contributed by atoms with Crippen LogP contribution in [-0.4, -0.2) is 38.6 Å². The molecule has 1 aromatic heterocycles. The van der Waals surface area contributed by atoms with Crippen molar-refractivity contribution in [3.05, 3.63) is 28.3 Å². The first-order valence-electron chi connectivity index (χ1n) is 6.02. The molecule has 104 valence electrons. The lowest BCUT2D eigenvalue weighted by Crippen LogP contribution is -2.28. The Morgan fingerprint density at radius 3 is 3.00 bits per heavy atom. The highest BCUT2D eigenvalue weighted by molar-refractivity contribution is 5.59. The molecule has 7 heteroatoms. The summed E-state index contributed by atoms with van der Waals surface area (Å²) < 4.78 is 6.70. The second-order valence-electron chi connectivity index (χ2n) is 4.39. The molecule has 1 fully saturated rings. The van der Waals surface area contributed by atoms with E-state index in [-0.39, 0.29) is 18.8 Å². The summed E-state index contributed by atoms with van der Waals surface area (Å²) in [5.41, 5.74) is 5.71. The lowest BCUT2D eigenvalue weighted by Gasteiger charge is -2.15. The number of aromatic nitrogens is 2. The van der Waals surface area contributed by atoms with Crippen molar-refractivity contribution in [1.82, 2.24) is 9.55 Å². The number of rotatable bonds is 3. The monoisotopic (exact) mass is 267 g/mol. The number of ether oxygens (including phenoxy) is 1. The molecule has 0 amide bonds. The van der Waals surface area contributed by atoms with E-state index in [1.165, 1.54) is 4.57 Å². The minimum Gasteiger partial charge on any atom is -0.394 e. The minimum atomic E-state index is -0.801. The number of aliphatic hydroxyl groups excluding tert-OH is 2. The summed E-state index contributed by atoms with van der Waals surface area (Å²) >= 11 is 0. The van der Waals surface area contributed by atoms with Gasteiger partial charge < -0.3 is 20.7 Å². The molecule has 0 aliphatic carbocycles. The Morgan fingerprint density at radius 1 is 1.68 bits per heavy atom. The van der Waals surface area contributed by atoms with Crippen LogP contribution in [-0.2, 0) is 4.74 Å². The first-order valence-corrected chi connectivity index (χ1v) is 6.02. The molecule has 0 bridgehead atoms. The summed E-state index contributed by atoms with van der Waals surface area (Å²) in [6.07, 6.45) is 3.16. The van der Waals surface area contributed by atoms with Crippen molar-refractivity contribution in [2.75, 3.05) is 12.3 Å². The number of hydrogen-bond acceptors (Lipinski definition) is 6. The second-order valence-corrected chi connectivity index (χ2v) is 4.39. The molecular weight excluding hydrogens is 250 g/mol. The zero-order chi connectivity index (χ0) is 14.0. The van der Waals surface area contributed by atoms with Crippen molar-refractivity contribution in [2.45, 2.75) is 31.8 Å². The first-order chi connectivity index (χ1) is 9.06. The maximum Gasteiger partial charge on any atom is 0.351 e. The third-order valence-corrected chi connectivity index (χ3v) is 3.05. The fourth-order valence-electron chi connectivity index (χ4n) is 2.06. The van der Waals surface area contributed by atoms with Gasteiger partial charge in [0, 0.05) is 18.2 Å². The quantitative estimate of drug-likeness (QED) is 0.681. The van der Waals surface area contributed by atoms with Crippen LogP contribution in [0, 0.1) is 0 Å². The van der Waals surface area contributed by atoms with Crippen molar-refractivity contribution in [2.24, 2.45) is 0 Å². The Kier molecular flexibility index (Phi) is 3.98. The van der Waals surface area contributed by atoms with Crippen LogP contribution in [0.4, 0.5) is 5.82 Å². The van der Waals surface area contributed by atoms with Gasteiger partial charge in [-0.1, -0.05) is 12.2 Å². The van der Waals surface area contributed by atoms with Crippen LogP contribution in [0.1, 0.15) is 25.1 Å². The molecular formula is C12H17N3O4. The SMILES string of the molecule is CC=Cc1cn([C@H]2C[C@@H](O)[C@H](CO)O2)c(=O)nc1N. The van der Waals surface area contributed by atoms with Gasteiger partial charge in [0.2, 0.25) is 0 Å². The maximum atomic E-state index is 11.8. The highest BCUT2D eigenvalue weighted by Crippen LogP contribution is 2.27. The number of hydrogen-bond donors (Lipinski definition) is 3. The van der Waals surface area contributed by atoms with Gasteiger partial charge in [0.25, 0.3) is 0 Å². The fourth-order valence-corrected chi connectivity index (χ4v) is 2.06. The van der Waals surface area contributed by atoms with E-state index in [4.69, 9.17) is 15.6 Å². The molecule has 0 radical (unpaired) electrons. The van der Waals surface area contributed by atoms with Crippen molar-refractivity contribution in [3.63, 3.8) is 0 Å². The van der Waals surface area contributed by atoms with Crippen LogP contribution in [0.25, 0.3) is 6.08 Å². The van der Waals surface area contributed by atoms with Crippen molar-refractivity contribution >= 4 is 11.9 Å². The number of aliphatic hydroxyl groups is 2. The third-order valence-electron chi connectivity index (χ3n) is 3.05. The fraction of sp³-hybridized carbons (Fsp3) is 0.500. The molecule has 1 saturated heterocycles. The van der Waals surface area contributed by atoms with Crippen LogP contribution in [0.3, 0.4) is 0 Å². The summed E-state index contributed by atoms with van der Waals surface area (Å²) in [6.45, 7) is 1.53. The Bertz CT molecular complexity index is 540. The molecule has 7 nitrogen and oxygen atoms in total. The van der Waals surface area contributed by atoms with Crippen molar-refractivity contribution in [3.8, 4) is 0 Å². The van der Waals surface area contributed by atoms with E-state index in [2.05, 4.69) is 4.98 Å². The molecule has 1 aromatic rings. The van der Waals surface area contributed by atoms with E-state index in [0.29, 0.717) is 5.56 Å². The van der Waals surface area contributed by atoms with Gasteiger partial charge in [0.1, 0.15) is 18.1 Å². The van der Waals surface area contributed by atoms with Gasteiger partial charge >= 0.3 is 5.69 Å². The highest BCUT2D eigenvalue weighted by Gasteiger charge is 2.35. The normalized spacial score (nSPS) is 27.2. The molecule has 2 heterocycles. The zero-order valence-corrected chi connectivity index (χ0v) is 10.6. The Labute approximate surface area is 110 Å². The lowest BCUT2D eigenvalue weighted by molar-refractivity contribution is -0.0458. The van der Waals surface area contributed by atoms with Crippen LogP contribution < -0.4 is 11.4 Å². The van der Waals surface area contributed by atoms with Crippen LogP contribution in [0.15, 0.2) is 17.1 Å². The molecule has 0 spiro atoms. The Balaban J connectivity index is 2.35. The smallest absolute Gasteiger partial charge is 0.351 e. The topological polar surface area (TPSA) is 111 Å². The third kappa shape index (κ3) is 2.67. The average molecular weight is 267 g/mol. The number of nitrogens with zero attached hydrogens (tertiary/aromatic N) is 2. The molecule has 3 atom stereocenters. The predicted octanol–water partition coefficient (Wildman–Crippen LogP) is -0.501. The molecule has 1 aliphatic heterocycles. The van der Waals surface area contributed by atoms with Crippen molar-refractivity contribution in [1.29, 1.82) is 0 Å². The Hall–Kier alpha value is -1.70. The molecule has 19 heavy (non-hydrogen) atoms. The van der Waals surface area contributed by atoms with Gasteiger partial charge in [-0.05, 0) is 6.92 Å². The van der Waals surface area contributed by atoms with Gasteiger partial charge in [-0.15, -0.1) is 0 Å². The molecule has 0 aromatic carbocycles. The number of anilines is 1. The summed E-state index contributed by atoms with van der Waals surface area (Å²) in [4.78, 5) is 15.5. The Morgan fingerprint density at radius 2 is 2.42 bits per heavy atom. The van der Waals surface area contributed by atoms with Crippen molar-refractivity contribution < 1.29 is 14.9 Å². The summed E-state index contributed by atoms with van der Waals surface area (Å²) in [6, 6.07) is 0. The van der Waals surface area contributed by atoms with Gasteiger partial charge in [-0.25, -0.2) is 4.79 Å². The maximum absolute atomic E-state index is 11.8. The van der Waals surface area contributed by atoms with Gasteiger partial charge in [0.15, 0.2) is 0 Å². The lowest BCUT2D eigenvalue weighted by atomic mass is 10.2. The van der Waals surface area contributed by atoms with E-state index in [1.54, 1.807) is 18.3 Å². The number of nitrogens with two attached hydrogens (primary N) is 1. The van der Waals surface area contributed by atoms with E-state index in [1.807, 2.05) is 6.92 Å². The number of allylic oxidation sites excluding steroid dienone is 1.